The number of hydrogen-bond donors (Lipinski definition) is 1. The molecule has 0 spiro atoms. The van der Waals surface area contributed by atoms with Crippen molar-refractivity contribution in [1.29, 1.82) is 0 Å². The maximum Gasteiger partial charge on any atom is 0.252 e. The van der Waals surface area contributed by atoms with Crippen LogP contribution in [0, 0.1) is 13.8 Å². The van der Waals surface area contributed by atoms with Crippen LogP contribution in [-0.2, 0) is 9.53 Å². The zero-order chi connectivity index (χ0) is 24.1. The lowest BCUT2D eigenvalue weighted by molar-refractivity contribution is -0.136. The third-order valence-corrected chi connectivity index (χ3v) is 6.95. The Balaban J connectivity index is 1.47. The molecular formula is C25H27N7O3. The van der Waals surface area contributed by atoms with Gasteiger partial charge in [-0.05, 0) is 43.2 Å². The molecule has 0 aliphatic carbocycles. The molecule has 10 nitrogen and oxygen atoms in total. The van der Waals surface area contributed by atoms with Gasteiger partial charge in [0.15, 0.2) is 5.65 Å². The van der Waals surface area contributed by atoms with E-state index in [4.69, 9.17) is 14.5 Å². The quantitative estimate of drug-likeness (QED) is 0.478. The maximum atomic E-state index is 12.9. The first-order valence-electron chi connectivity index (χ1n) is 11.7. The summed E-state index contributed by atoms with van der Waals surface area (Å²) in [4.78, 5) is 19.5. The molecule has 1 fully saturated rings. The molecule has 180 valence electrons. The van der Waals surface area contributed by atoms with Gasteiger partial charge >= 0.3 is 0 Å². The van der Waals surface area contributed by atoms with Gasteiger partial charge in [0.25, 0.3) is 5.91 Å². The van der Waals surface area contributed by atoms with Gasteiger partial charge in [-0.2, -0.15) is 15.2 Å². The molecule has 0 radical (unpaired) electrons. The fourth-order valence-electron chi connectivity index (χ4n) is 4.87. The molecule has 5 heterocycles. The van der Waals surface area contributed by atoms with Gasteiger partial charge in [-0.15, -0.1) is 0 Å². The Morgan fingerprint density at radius 1 is 1.17 bits per heavy atom. The molecule has 1 amide bonds. The average Bonchev–Trinajstić information content (AvgIpc) is 3.53. The van der Waals surface area contributed by atoms with E-state index in [-0.39, 0.29) is 11.9 Å². The van der Waals surface area contributed by atoms with Crippen LogP contribution in [0.25, 0.3) is 22.5 Å². The maximum absolute atomic E-state index is 12.9. The van der Waals surface area contributed by atoms with Crippen LogP contribution in [0.1, 0.15) is 17.7 Å². The summed E-state index contributed by atoms with van der Waals surface area (Å²) in [6.45, 7) is 5.59. The SMILES string of the molecule is CO[C@@H]1C[C@H]2COc3ccn4ncc(c4n3)-c3cc(cc(-n4ncc(C)c4C)c3)NCCN2C1=O. The second kappa shape index (κ2) is 8.38. The molecular weight excluding hydrogens is 446 g/mol. The summed E-state index contributed by atoms with van der Waals surface area (Å²) in [6.07, 6.45) is 5.67. The number of nitrogens with one attached hydrogen (secondary N) is 1. The molecule has 2 aliphatic heterocycles. The lowest BCUT2D eigenvalue weighted by Crippen LogP contribution is -2.41. The number of amides is 1. The molecule has 4 bridgehead atoms. The minimum atomic E-state index is -0.447. The topological polar surface area (TPSA) is 98.8 Å². The van der Waals surface area contributed by atoms with Crippen molar-refractivity contribution in [3.63, 3.8) is 0 Å². The third kappa shape index (κ3) is 3.70. The van der Waals surface area contributed by atoms with Crippen LogP contribution in [0.5, 0.6) is 5.88 Å². The molecule has 1 aromatic carbocycles. The van der Waals surface area contributed by atoms with Gasteiger partial charge in [0.1, 0.15) is 12.7 Å². The summed E-state index contributed by atoms with van der Waals surface area (Å²) >= 11 is 0. The second-order valence-electron chi connectivity index (χ2n) is 9.07. The standard InChI is InChI=1S/C25H27N7O3/c1-15-12-28-32(16(15)2)19-9-17-8-18(10-19)26-5-7-30-20(11-22(34-3)25(30)33)14-35-23-4-6-31-24(29-23)21(17)13-27-31/h4,6,8-10,12-13,20,22,26H,5,7,11,14H2,1-3H3/t20-,22+/m0/s1. The third-order valence-electron chi connectivity index (χ3n) is 6.95. The van der Waals surface area contributed by atoms with E-state index in [2.05, 4.69) is 40.6 Å². The van der Waals surface area contributed by atoms with Crippen LogP contribution >= 0.6 is 0 Å². The van der Waals surface area contributed by atoms with E-state index in [1.165, 1.54) is 0 Å². The Kier molecular flexibility index (Phi) is 5.18. The summed E-state index contributed by atoms with van der Waals surface area (Å²) in [7, 11) is 1.58. The molecule has 6 rings (SSSR count). The Morgan fingerprint density at radius 3 is 2.86 bits per heavy atom. The first-order valence-corrected chi connectivity index (χ1v) is 11.7. The van der Waals surface area contributed by atoms with Crippen LogP contribution in [0.4, 0.5) is 5.69 Å². The number of aryl methyl sites for hydroxylation is 1. The van der Waals surface area contributed by atoms with Crippen molar-refractivity contribution in [2.45, 2.75) is 32.4 Å². The highest BCUT2D eigenvalue weighted by Crippen LogP contribution is 2.31. The summed E-state index contributed by atoms with van der Waals surface area (Å²) < 4.78 is 15.2. The Hall–Kier alpha value is -3.92. The van der Waals surface area contributed by atoms with Crippen LogP contribution in [0.3, 0.4) is 0 Å². The lowest BCUT2D eigenvalue weighted by Gasteiger charge is -2.25. The van der Waals surface area contributed by atoms with Crippen LogP contribution in [0.2, 0.25) is 0 Å². The van der Waals surface area contributed by atoms with Crippen molar-refractivity contribution in [1.82, 2.24) is 29.3 Å². The van der Waals surface area contributed by atoms with E-state index in [1.54, 1.807) is 17.7 Å². The van der Waals surface area contributed by atoms with Gasteiger partial charge in [0, 0.05) is 55.8 Å². The van der Waals surface area contributed by atoms with Crippen molar-refractivity contribution in [3.8, 4) is 22.7 Å². The van der Waals surface area contributed by atoms with Gasteiger partial charge in [0.05, 0.1) is 24.1 Å². The number of benzene rings is 1. The molecule has 1 N–H and O–H groups in total. The highest BCUT2D eigenvalue weighted by Gasteiger charge is 2.39. The number of aromatic nitrogens is 5. The van der Waals surface area contributed by atoms with Crippen LogP contribution in [-0.4, -0.2) is 74.1 Å². The largest absolute Gasteiger partial charge is 0.475 e. The van der Waals surface area contributed by atoms with Gasteiger partial charge < -0.3 is 19.7 Å². The van der Waals surface area contributed by atoms with E-state index in [0.717, 1.165) is 33.8 Å². The fourth-order valence-corrected chi connectivity index (χ4v) is 4.87. The summed E-state index contributed by atoms with van der Waals surface area (Å²) in [5.41, 5.74) is 6.62. The number of nitrogens with zero attached hydrogens (tertiary/aromatic N) is 6. The van der Waals surface area contributed by atoms with E-state index in [9.17, 15) is 4.79 Å². The van der Waals surface area contributed by atoms with E-state index < -0.39 is 6.10 Å². The van der Waals surface area contributed by atoms with Gasteiger partial charge in [-0.1, -0.05) is 0 Å². The first-order chi connectivity index (χ1) is 17.0. The molecule has 10 heteroatoms. The average molecular weight is 474 g/mol. The predicted molar refractivity (Wildman–Crippen MR) is 130 cm³/mol. The minimum absolute atomic E-state index is 0.00596. The van der Waals surface area contributed by atoms with E-state index in [0.29, 0.717) is 37.6 Å². The Morgan fingerprint density at radius 2 is 2.06 bits per heavy atom. The normalized spacial score (nSPS) is 20.0. The Labute approximate surface area is 202 Å². The number of methoxy groups -OCH3 is 1. The number of hydrogen-bond acceptors (Lipinski definition) is 7. The molecule has 2 atom stereocenters. The zero-order valence-corrected chi connectivity index (χ0v) is 19.9. The van der Waals surface area contributed by atoms with Gasteiger partial charge in [0.2, 0.25) is 5.88 Å². The van der Waals surface area contributed by atoms with E-state index >= 15 is 0 Å². The fraction of sp³-hybridized carbons (Fsp3) is 0.360. The first kappa shape index (κ1) is 21.6. The Bertz CT molecular complexity index is 1430. The number of fused-ring (bicyclic) bond motifs is 5. The molecule has 35 heavy (non-hydrogen) atoms. The summed E-state index contributed by atoms with van der Waals surface area (Å²) in [5.74, 6) is 0.492. The van der Waals surface area contributed by atoms with Gasteiger partial charge in [-0.25, -0.2) is 9.20 Å². The predicted octanol–water partition coefficient (Wildman–Crippen LogP) is 2.62. The molecule has 3 aromatic heterocycles. The molecule has 4 aromatic rings. The van der Waals surface area contributed by atoms with Crippen molar-refractivity contribution in [2.75, 3.05) is 32.1 Å². The van der Waals surface area contributed by atoms with Crippen LogP contribution in [0.15, 0.2) is 42.9 Å². The highest BCUT2D eigenvalue weighted by molar-refractivity contribution is 5.84. The van der Waals surface area contributed by atoms with Gasteiger partial charge in [-0.3, -0.25) is 4.79 Å². The number of rotatable bonds is 2. The minimum Gasteiger partial charge on any atom is -0.475 e. The summed E-state index contributed by atoms with van der Waals surface area (Å²) in [5, 5.41) is 12.6. The zero-order valence-electron chi connectivity index (χ0n) is 19.9. The molecule has 1 saturated heterocycles. The van der Waals surface area contributed by atoms with Crippen molar-refractivity contribution in [3.05, 3.63) is 54.1 Å². The number of carbonyl (C=O) groups is 1. The van der Waals surface area contributed by atoms with Crippen molar-refractivity contribution in [2.24, 2.45) is 0 Å². The second-order valence-corrected chi connectivity index (χ2v) is 9.07. The van der Waals surface area contributed by atoms with Crippen molar-refractivity contribution < 1.29 is 14.3 Å². The monoisotopic (exact) mass is 473 g/mol. The highest BCUT2D eigenvalue weighted by atomic mass is 16.5. The van der Waals surface area contributed by atoms with Crippen molar-refractivity contribution >= 4 is 17.2 Å². The van der Waals surface area contributed by atoms with E-state index in [1.807, 2.05) is 35.1 Å². The summed E-state index contributed by atoms with van der Waals surface area (Å²) in [6, 6.07) is 7.95. The molecule has 2 aliphatic rings. The number of carbonyl (C=O) groups excluding carboxylic acids is 1. The number of anilines is 1. The molecule has 0 unspecified atom stereocenters. The number of ether oxygens (including phenoxy) is 2. The lowest BCUT2D eigenvalue weighted by atomic mass is 10.1. The smallest absolute Gasteiger partial charge is 0.252 e. The molecule has 0 saturated carbocycles. The van der Waals surface area contributed by atoms with Crippen LogP contribution < -0.4 is 10.1 Å².